The molecule has 2 N–H and O–H groups in total. The zero-order valence-electron chi connectivity index (χ0n) is 8.88. The molecule has 0 fully saturated rings. The molecule has 92 valence electrons. The Bertz CT molecular complexity index is 612. The lowest BCUT2D eigenvalue weighted by Gasteiger charge is -2.06. The second kappa shape index (κ2) is 5.16. The summed E-state index contributed by atoms with van der Waals surface area (Å²) in [6, 6.07) is 2.91. The number of aromatic carboxylic acids is 1. The number of pyridine rings is 1. The fraction of sp³-hybridized carbons (Fsp3) is 0. The highest BCUT2D eigenvalue weighted by molar-refractivity contribution is 7.12. The first kappa shape index (κ1) is 12.5. The molecule has 0 bridgehead atoms. The van der Waals surface area contributed by atoms with Gasteiger partial charge in [-0.1, -0.05) is 11.6 Å². The minimum absolute atomic E-state index is 0.0222. The maximum absolute atomic E-state index is 11.9. The Labute approximate surface area is 111 Å². The molecule has 7 heteroatoms. The summed E-state index contributed by atoms with van der Waals surface area (Å²) >= 11 is 7.00. The molecule has 1 amide bonds. The van der Waals surface area contributed by atoms with Crippen molar-refractivity contribution in [2.45, 2.75) is 0 Å². The van der Waals surface area contributed by atoms with Gasteiger partial charge < -0.3 is 10.4 Å². The zero-order valence-corrected chi connectivity index (χ0v) is 10.5. The molecule has 0 atom stereocenters. The molecular weight excluding hydrogens is 276 g/mol. The third-order valence-corrected chi connectivity index (χ3v) is 3.46. The van der Waals surface area contributed by atoms with Gasteiger partial charge in [-0.3, -0.25) is 9.78 Å². The second-order valence-corrected chi connectivity index (χ2v) is 4.60. The van der Waals surface area contributed by atoms with E-state index in [2.05, 4.69) is 10.3 Å². The van der Waals surface area contributed by atoms with E-state index in [4.69, 9.17) is 16.7 Å². The molecular formula is C11H7ClN2O3S. The normalized spacial score (nSPS) is 10.1. The third kappa shape index (κ3) is 2.49. The number of hydrogen-bond donors (Lipinski definition) is 2. The van der Waals surface area contributed by atoms with Crippen LogP contribution in [0, 0.1) is 0 Å². The van der Waals surface area contributed by atoms with Gasteiger partial charge in [0.15, 0.2) is 0 Å². The number of nitrogens with zero attached hydrogens (tertiary/aromatic N) is 1. The minimum atomic E-state index is -1.13. The van der Waals surface area contributed by atoms with Gasteiger partial charge in [0.25, 0.3) is 5.91 Å². The molecule has 2 aromatic heterocycles. The fourth-order valence-corrected chi connectivity index (χ4v) is 2.35. The minimum Gasteiger partial charge on any atom is -0.478 e. The second-order valence-electron chi connectivity index (χ2n) is 3.28. The highest BCUT2D eigenvalue weighted by atomic mass is 35.5. The van der Waals surface area contributed by atoms with E-state index < -0.39 is 11.9 Å². The SMILES string of the molecule is O=C(O)c1ccncc1NC(=O)c1sccc1Cl. The van der Waals surface area contributed by atoms with Gasteiger partial charge in [0.1, 0.15) is 4.88 Å². The first-order valence-electron chi connectivity index (χ1n) is 4.81. The number of aromatic nitrogens is 1. The molecule has 0 radical (unpaired) electrons. The Morgan fingerprint density at radius 2 is 2.17 bits per heavy atom. The molecule has 0 aromatic carbocycles. The van der Waals surface area contributed by atoms with Crippen molar-refractivity contribution in [2.24, 2.45) is 0 Å². The number of nitrogens with one attached hydrogen (secondary N) is 1. The number of carboxylic acid groups (broad SMARTS) is 1. The number of carboxylic acids is 1. The summed E-state index contributed by atoms with van der Waals surface area (Å²) in [6.07, 6.45) is 2.63. The lowest BCUT2D eigenvalue weighted by molar-refractivity contribution is 0.0698. The van der Waals surface area contributed by atoms with Crippen molar-refractivity contribution in [3.8, 4) is 0 Å². The van der Waals surface area contributed by atoms with Crippen LogP contribution < -0.4 is 5.32 Å². The molecule has 0 spiro atoms. The Morgan fingerprint density at radius 1 is 1.39 bits per heavy atom. The first-order valence-corrected chi connectivity index (χ1v) is 6.07. The lowest BCUT2D eigenvalue weighted by Crippen LogP contribution is -2.14. The Hall–Kier alpha value is -1.92. The van der Waals surface area contributed by atoms with Crippen molar-refractivity contribution in [3.63, 3.8) is 0 Å². The van der Waals surface area contributed by atoms with Gasteiger partial charge in [-0.2, -0.15) is 0 Å². The van der Waals surface area contributed by atoms with E-state index in [0.717, 1.165) is 0 Å². The van der Waals surface area contributed by atoms with E-state index in [1.807, 2.05) is 0 Å². The maximum Gasteiger partial charge on any atom is 0.337 e. The highest BCUT2D eigenvalue weighted by Crippen LogP contribution is 2.23. The van der Waals surface area contributed by atoms with Crippen LogP contribution in [-0.4, -0.2) is 22.0 Å². The van der Waals surface area contributed by atoms with Gasteiger partial charge in [-0.25, -0.2) is 4.79 Å². The first-order chi connectivity index (χ1) is 8.59. The summed E-state index contributed by atoms with van der Waals surface area (Å²) in [4.78, 5) is 26.9. The monoisotopic (exact) mass is 282 g/mol. The number of carbonyl (C=O) groups excluding carboxylic acids is 1. The third-order valence-electron chi connectivity index (χ3n) is 2.12. The van der Waals surface area contributed by atoms with Crippen molar-refractivity contribution >= 4 is 40.5 Å². The average Bonchev–Trinajstić information content (AvgIpc) is 2.76. The van der Waals surface area contributed by atoms with Crippen LogP contribution in [0.1, 0.15) is 20.0 Å². The summed E-state index contributed by atoms with van der Waals surface area (Å²) in [6.45, 7) is 0. The van der Waals surface area contributed by atoms with Crippen molar-refractivity contribution in [1.82, 2.24) is 4.98 Å². The number of hydrogen-bond acceptors (Lipinski definition) is 4. The molecule has 2 heterocycles. The Balaban J connectivity index is 2.28. The van der Waals surface area contributed by atoms with Gasteiger partial charge in [0.05, 0.1) is 22.5 Å². The summed E-state index contributed by atoms with van der Waals surface area (Å²) in [5.74, 6) is -1.59. The predicted octanol–water partition coefficient (Wildman–Crippen LogP) is 2.75. The van der Waals surface area contributed by atoms with E-state index in [1.54, 1.807) is 11.4 Å². The van der Waals surface area contributed by atoms with Crippen LogP contribution in [0.15, 0.2) is 29.9 Å². The molecule has 2 rings (SSSR count). The molecule has 0 saturated carbocycles. The van der Waals surface area contributed by atoms with Gasteiger partial charge in [-0.15, -0.1) is 11.3 Å². The van der Waals surface area contributed by atoms with Crippen molar-refractivity contribution < 1.29 is 14.7 Å². The summed E-state index contributed by atoms with van der Waals surface area (Å²) in [5, 5.41) is 13.5. The van der Waals surface area contributed by atoms with Crippen LogP contribution in [0.5, 0.6) is 0 Å². The van der Waals surface area contributed by atoms with E-state index in [0.29, 0.717) is 9.90 Å². The molecule has 0 aliphatic rings. The Kier molecular flexibility index (Phi) is 3.59. The smallest absolute Gasteiger partial charge is 0.337 e. The van der Waals surface area contributed by atoms with Gasteiger partial charge >= 0.3 is 5.97 Å². The summed E-state index contributed by atoms with van der Waals surface area (Å²) in [7, 11) is 0. The topological polar surface area (TPSA) is 79.3 Å². The average molecular weight is 283 g/mol. The standard InChI is InChI=1S/C11H7ClN2O3S/c12-7-2-4-18-9(7)10(15)14-8-5-13-3-1-6(8)11(16)17/h1-5H,(H,14,15)(H,16,17). The summed E-state index contributed by atoms with van der Waals surface area (Å²) < 4.78 is 0. The molecule has 0 unspecified atom stereocenters. The van der Waals surface area contributed by atoms with E-state index in [1.165, 1.54) is 29.8 Å². The van der Waals surface area contributed by atoms with Gasteiger partial charge in [0, 0.05) is 6.20 Å². The number of amides is 1. The van der Waals surface area contributed by atoms with Crippen LogP contribution in [0.3, 0.4) is 0 Å². The number of halogens is 1. The number of rotatable bonds is 3. The number of thiophene rings is 1. The molecule has 0 saturated heterocycles. The van der Waals surface area contributed by atoms with Gasteiger partial charge in [-0.05, 0) is 17.5 Å². The van der Waals surface area contributed by atoms with Crippen molar-refractivity contribution in [3.05, 3.63) is 45.4 Å². The molecule has 2 aromatic rings. The maximum atomic E-state index is 11.9. The largest absolute Gasteiger partial charge is 0.478 e. The Morgan fingerprint density at radius 3 is 2.78 bits per heavy atom. The number of anilines is 1. The lowest BCUT2D eigenvalue weighted by atomic mass is 10.2. The fourth-order valence-electron chi connectivity index (χ4n) is 1.32. The molecule has 18 heavy (non-hydrogen) atoms. The summed E-state index contributed by atoms with van der Waals surface area (Å²) in [5.41, 5.74) is 0.116. The number of carbonyl (C=O) groups is 2. The van der Waals surface area contributed by atoms with Crippen LogP contribution >= 0.6 is 22.9 Å². The van der Waals surface area contributed by atoms with Crippen LogP contribution in [0.2, 0.25) is 5.02 Å². The van der Waals surface area contributed by atoms with Gasteiger partial charge in [0.2, 0.25) is 0 Å². The molecule has 0 aliphatic heterocycles. The predicted molar refractivity (Wildman–Crippen MR) is 68.5 cm³/mol. The molecule has 0 aliphatic carbocycles. The van der Waals surface area contributed by atoms with Crippen molar-refractivity contribution in [1.29, 1.82) is 0 Å². The van der Waals surface area contributed by atoms with Crippen LogP contribution in [0.25, 0.3) is 0 Å². The quantitative estimate of drug-likeness (QED) is 0.907. The van der Waals surface area contributed by atoms with Crippen LogP contribution in [0.4, 0.5) is 5.69 Å². The molecule has 5 nitrogen and oxygen atoms in total. The zero-order chi connectivity index (χ0) is 13.1. The van der Waals surface area contributed by atoms with Crippen molar-refractivity contribution in [2.75, 3.05) is 5.32 Å². The van der Waals surface area contributed by atoms with Crippen LogP contribution in [-0.2, 0) is 0 Å². The van der Waals surface area contributed by atoms with E-state index in [-0.39, 0.29) is 11.3 Å². The van der Waals surface area contributed by atoms with E-state index >= 15 is 0 Å². The highest BCUT2D eigenvalue weighted by Gasteiger charge is 2.16. The van der Waals surface area contributed by atoms with E-state index in [9.17, 15) is 9.59 Å².